The average molecular weight is 378 g/mol. The molecular formula is C20H22N6O2. The van der Waals surface area contributed by atoms with E-state index in [2.05, 4.69) is 51.3 Å². The van der Waals surface area contributed by atoms with Crippen LogP contribution in [-0.2, 0) is 13.6 Å². The molecule has 3 aromatic rings. The Kier molecular flexibility index (Phi) is 3.99. The Labute approximate surface area is 161 Å². The van der Waals surface area contributed by atoms with E-state index in [9.17, 15) is 4.79 Å². The normalized spacial score (nSPS) is 26.6. The van der Waals surface area contributed by atoms with Gasteiger partial charge in [0.2, 0.25) is 5.89 Å². The molecule has 2 aliphatic rings. The number of hydrogen-bond donors (Lipinski definition) is 0. The predicted octanol–water partition coefficient (Wildman–Crippen LogP) is 2.43. The van der Waals surface area contributed by atoms with Crippen molar-refractivity contribution in [2.75, 3.05) is 0 Å². The van der Waals surface area contributed by atoms with Crippen LogP contribution in [0.15, 0.2) is 46.3 Å². The van der Waals surface area contributed by atoms with Crippen molar-refractivity contribution in [3.05, 3.63) is 59.0 Å². The third kappa shape index (κ3) is 2.80. The summed E-state index contributed by atoms with van der Waals surface area (Å²) < 4.78 is 8.56. The van der Waals surface area contributed by atoms with Crippen LogP contribution in [0.2, 0.25) is 0 Å². The number of aromatic nitrogens is 6. The Morgan fingerprint density at radius 2 is 1.96 bits per heavy atom. The second kappa shape index (κ2) is 6.54. The fraction of sp³-hybridized carbons (Fsp3) is 0.450. The summed E-state index contributed by atoms with van der Waals surface area (Å²) in [6.45, 7) is 2.48. The molecule has 144 valence electrons. The summed E-state index contributed by atoms with van der Waals surface area (Å²) in [6, 6.07) is 0. The van der Waals surface area contributed by atoms with Gasteiger partial charge < -0.3 is 9.09 Å². The fourth-order valence-electron chi connectivity index (χ4n) is 4.34. The third-order valence-corrected chi connectivity index (χ3v) is 6.04. The molecule has 0 aromatic carbocycles. The molecule has 0 N–H and O–H groups in total. The van der Waals surface area contributed by atoms with E-state index in [4.69, 9.17) is 4.52 Å². The van der Waals surface area contributed by atoms with E-state index in [0.29, 0.717) is 40.7 Å². The molecule has 0 bridgehead atoms. The van der Waals surface area contributed by atoms with Crippen molar-refractivity contribution in [2.24, 2.45) is 24.8 Å². The van der Waals surface area contributed by atoms with Gasteiger partial charge in [0.25, 0.3) is 5.56 Å². The van der Waals surface area contributed by atoms with Gasteiger partial charge >= 0.3 is 0 Å². The van der Waals surface area contributed by atoms with Gasteiger partial charge in [-0.2, -0.15) is 4.98 Å². The quantitative estimate of drug-likeness (QED) is 0.692. The van der Waals surface area contributed by atoms with Crippen molar-refractivity contribution in [2.45, 2.75) is 32.2 Å². The van der Waals surface area contributed by atoms with Gasteiger partial charge in [0.15, 0.2) is 17.0 Å². The largest absolute Gasteiger partial charge is 0.337 e. The molecule has 8 nitrogen and oxygen atoms in total. The topological polar surface area (TPSA) is 91.6 Å². The number of rotatable bonds is 4. The maximum absolute atomic E-state index is 12.6. The molecule has 2 unspecified atom stereocenters. The third-order valence-electron chi connectivity index (χ3n) is 6.04. The minimum atomic E-state index is -0.167. The zero-order valence-electron chi connectivity index (χ0n) is 15.9. The number of imidazole rings is 1. The summed E-state index contributed by atoms with van der Waals surface area (Å²) in [6.07, 6.45) is 14.1. The molecule has 0 amide bonds. The first-order chi connectivity index (χ1) is 13.6. The Morgan fingerprint density at radius 3 is 2.79 bits per heavy atom. The van der Waals surface area contributed by atoms with Gasteiger partial charge in [0, 0.05) is 13.0 Å². The predicted molar refractivity (Wildman–Crippen MR) is 103 cm³/mol. The molecule has 3 aromatic heterocycles. The first kappa shape index (κ1) is 17.1. The highest BCUT2D eigenvalue weighted by Crippen LogP contribution is 2.47. The van der Waals surface area contributed by atoms with Crippen LogP contribution in [0.5, 0.6) is 0 Å². The molecular weight excluding hydrogens is 356 g/mol. The molecule has 0 saturated heterocycles. The molecule has 1 fully saturated rings. The van der Waals surface area contributed by atoms with Crippen molar-refractivity contribution in [3.63, 3.8) is 0 Å². The van der Waals surface area contributed by atoms with Gasteiger partial charge in [-0.3, -0.25) is 9.36 Å². The summed E-state index contributed by atoms with van der Waals surface area (Å²) >= 11 is 0. The van der Waals surface area contributed by atoms with Crippen molar-refractivity contribution in [1.29, 1.82) is 0 Å². The molecule has 8 heteroatoms. The zero-order chi connectivity index (χ0) is 19.3. The van der Waals surface area contributed by atoms with Crippen molar-refractivity contribution in [3.8, 4) is 0 Å². The van der Waals surface area contributed by atoms with E-state index in [1.54, 1.807) is 17.9 Å². The van der Waals surface area contributed by atoms with Gasteiger partial charge in [0.05, 0.1) is 6.33 Å². The molecule has 2 aliphatic carbocycles. The van der Waals surface area contributed by atoms with E-state index < -0.39 is 0 Å². The number of fused-ring (bicyclic) bond motifs is 1. The standard InChI is InChI=1S/C20H22N6O2/c1-12-5-3-4-6-15(12)13-7-14(8-13)18-23-16(28-24-18)9-26-11-22-19-17(20(26)27)25(2)10-21-19/h3-6,10-15H,7-9H2,1-2H3/t12?,13-,14-,15?. The van der Waals surface area contributed by atoms with Crippen molar-refractivity contribution < 1.29 is 4.52 Å². The second-order valence-corrected chi connectivity index (χ2v) is 7.89. The summed E-state index contributed by atoms with van der Waals surface area (Å²) in [5.41, 5.74) is 0.740. The van der Waals surface area contributed by atoms with Gasteiger partial charge in [-0.25, -0.2) is 9.97 Å². The minimum Gasteiger partial charge on any atom is -0.337 e. The Bertz CT molecular complexity index is 1130. The number of allylic oxidation sites excluding steroid dienone is 4. The van der Waals surface area contributed by atoms with Crippen LogP contribution < -0.4 is 5.56 Å². The lowest BCUT2D eigenvalue weighted by atomic mass is 9.64. The lowest BCUT2D eigenvalue weighted by Gasteiger charge is -2.40. The average Bonchev–Trinajstić information content (AvgIpc) is 3.25. The van der Waals surface area contributed by atoms with Crippen LogP contribution in [0, 0.1) is 17.8 Å². The SMILES string of the molecule is CC1C=CC=CC1[C@H]1C[C@H](c2noc(Cn3cnc4ncn(C)c4c3=O)n2)C1. The molecule has 1 saturated carbocycles. The van der Waals surface area contributed by atoms with Gasteiger partial charge in [0.1, 0.15) is 12.9 Å². The molecule has 0 spiro atoms. The minimum absolute atomic E-state index is 0.167. The smallest absolute Gasteiger partial charge is 0.280 e. The Hall–Kier alpha value is -3.03. The lowest BCUT2D eigenvalue weighted by molar-refractivity contribution is 0.169. The Balaban J connectivity index is 1.28. The number of aryl methyl sites for hydroxylation is 1. The van der Waals surface area contributed by atoms with Crippen molar-refractivity contribution >= 4 is 11.2 Å². The van der Waals surface area contributed by atoms with Gasteiger partial charge in [-0.05, 0) is 30.6 Å². The van der Waals surface area contributed by atoms with E-state index in [1.807, 2.05) is 0 Å². The first-order valence-electron chi connectivity index (χ1n) is 9.64. The second-order valence-electron chi connectivity index (χ2n) is 7.89. The van der Waals surface area contributed by atoms with E-state index in [-0.39, 0.29) is 12.1 Å². The van der Waals surface area contributed by atoms with Crippen LogP contribution >= 0.6 is 0 Å². The zero-order valence-corrected chi connectivity index (χ0v) is 15.9. The van der Waals surface area contributed by atoms with Crippen LogP contribution in [0.25, 0.3) is 11.2 Å². The number of nitrogens with zero attached hydrogens (tertiary/aromatic N) is 6. The van der Waals surface area contributed by atoms with Crippen LogP contribution in [0.1, 0.15) is 37.4 Å². The molecule has 0 radical (unpaired) electrons. The molecule has 3 heterocycles. The van der Waals surface area contributed by atoms with Crippen LogP contribution in [0.4, 0.5) is 0 Å². The first-order valence-corrected chi connectivity index (χ1v) is 9.64. The van der Waals surface area contributed by atoms with E-state index in [0.717, 1.165) is 18.7 Å². The molecule has 28 heavy (non-hydrogen) atoms. The molecule has 2 atom stereocenters. The van der Waals surface area contributed by atoms with Gasteiger partial charge in [-0.1, -0.05) is 36.4 Å². The van der Waals surface area contributed by atoms with Gasteiger partial charge in [-0.15, -0.1) is 0 Å². The Morgan fingerprint density at radius 1 is 1.18 bits per heavy atom. The van der Waals surface area contributed by atoms with Crippen molar-refractivity contribution in [1.82, 2.24) is 29.2 Å². The maximum Gasteiger partial charge on any atom is 0.280 e. The van der Waals surface area contributed by atoms with E-state index in [1.165, 1.54) is 10.9 Å². The van der Waals surface area contributed by atoms with Crippen LogP contribution in [-0.4, -0.2) is 29.2 Å². The summed E-state index contributed by atoms with van der Waals surface area (Å²) in [7, 11) is 1.78. The van der Waals surface area contributed by atoms with E-state index >= 15 is 0 Å². The lowest BCUT2D eigenvalue weighted by Crippen LogP contribution is -2.32. The summed E-state index contributed by atoms with van der Waals surface area (Å²) in [5.74, 6) is 3.36. The monoisotopic (exact) mass is 378 g/mol. The highest BCUT2D eigenvalue weighted by Gasteiger charge is 2.39. The van der Waals surface area contributed by atoms with Crippen LogP contribution in [0.3, 0.4) is 0 Å². The highest BCUT2D eigenvalue weighted by molar-refractivity contribution is 5.68. The fourth-order valence-corrected chi connectivity index (χ4v) is 4.34. The molecule has 0 aliphatic heterocycles. The number of hydrogen-bond acceptors (Lipinski definition) is 6. The highest BCUT2D eigenvalue weighted by atomic mass is 16.5. The summed E-state index contributed by atoms with van der Waals surface area (Å²) in [5, 5.41) is 4.16. The maximum atomic E-state index is 12.6. The molecule has 5 rings (SSSR count). The summed E-state index contributed by atoms with van der Waals surface area (Å²) in [4.78, 5) is 25.5.